The number of nitroso groups, excluding NO2 is 1. The summed E-state index contributed by atoms with van der Waals surface area (Å²) >= 11 is 0. The Hall–Kier alpha value is -0.905. The quantitative estimate of drug-likeness (QED) is 0.527. The molecule has 6 heteroatoms. The minimum atomic E-state index is -1.28. The van der Waals surface area contributed by atoms with E-state index in [1.807, 2.05) is 0 Å². The fraction of sp³-hybridized carbons (Fsp3) is 0.875. The summed E-state index contributed by atoms with van der Waals surface area (Å²) in [4.78, 5) is 23.4. The largest absolute Gasteiger partial charge is 0.506 e. The standard InChI is InChI=1S/C8H15BN2O3/c1-6(2)8(12)11-5-3-4-7(11)9(13)10-14/h6-7,13H,3-5H2,1-2H3. The van der Waals surface area contributed by atoms with E-state index in [9.17, 15) is 14.7 Å². The fourth-order valence-electron chi connectivity index (χ4n) is 1.78. The molecule has 1 aliphatic heterocycles. The molecule has 1 fully saturated rings. The van der Waals surface area contributed by atoms with Gasteiger partial charge in [-0.25, -0.2) is 0 Å². The Bertz CT molecular complexity index is 235. The first kappa shape index (κ1) is 11.2. The first-order chi connectivity index (χ1) is 6.57. The zero-order valence-electron chi connectivity index (χ0n) is 8.51. The number of amides is 1. The molecule has 0 saturated carbocycles. The molecule has 1 saturated heterocycles. The summed E-state index contributed by atoms with van der Waals surface area (Å²) in [5, 5.41) is 11.9. The van der Waals surface area contributed by atoms with E-state index in [1.54, 1.807) is 18.7 Å². The molecule has 0 aromatic heterocycles. The van der Waals surface area contributed by atoms with E-state index in [0.717, 1.165) is 6.42 Å². The first-order valence-corrected chi connectivity index (χ1v) is 4.89. The number of carbonyl (C=O) groups excluding carboxylic acids is 1. The van der Waals surface area contributed by atoms with Gasteiger partial charge >= 0.3 is 7.05 Å². The Labute approximate surface area is 83.6 Å². The Morgan fingerprint density at radius 1 is 1.64 bits per heavy atom. The van der Waals surface area contributed by atoms with Crippen LogP contribution in [0.1, 0.15) is 26.7 Å². The molecule has 1 atom stereocenters. The summed E-state index contributed by atoms with van der Waals surface area (Å²) in [7, 11) is -1.28. The van der Waals surface area contributed by atoms with Crippen molar-refractivity contribution in [3.63, 3.8) is 0 Å². The SMILES string of the molecule is CC(C)C(=O)N1CCCC1B(O)N=O. The summed E-state index contributed by atoms with van der Waals surface area (Å²) in [6.45, 7) is 4.23. The summed E-state index contributed by atoms with van der Waals surface area (Å²) in [5.41, 5.74) is 0. The second-order valence-electron chi connectivity index (χ2n) is 3.91. The number of carbonyl (C=O) groups is 1. The van der Waals surface area contributed by atoms with Gasteiger partial charge in [0, 0.05) is 12.5 Å². The summed E-state index contributed by atoms with van der Waals surface area (Å²) in [5.74, 6) is -0.535. The van der Waals surface area contributed by atoms with Crippen molar-refractivity contribution < 1.29 is 9.82 Å². The molecule has 1 rings (SSSR count). The molecule has 0 radical (unpaired) electrons. The van der Waals surface area contributed by atoms with Crippen molar-refractivity contribution in [1.82, 2.24) is 4.90 Å². The minimum absolute atomic E-state index is 0.0183. The van der Waals surface area contributed by atoms with Gasteiger partial charge in [0.05, 0.1) is 5.94 Å². The van der Waals surface area contributed by atoms with E-state index in [0.29, 0.717) is 13.0 Å². The average molecular weight is 198 g/mol. The predicted molar refractivity (Wildman–Crippen MR) is 53.3 cm³/mol. The molecule has 0 bridgehead atoms. The van der Waals surface area contributed by atoms with Crippen molar-refractivity contribution in [2.24, 2.45) is 11.0 Å². The van der Waals surface area contributed by atoms with Gasteiger partial charge in [-0.3, -0.25) is 4.79 Å². The number of hydrogen-bond donors (Lipinski definition) is 1. The van der Waals surface area contributed by atoms with Crippen molar-refractivity contribution in [3.05, 3.63) is 4.91 Å². The highest BCUT2D eigenvalue weighted by Crippen LogP contribution is 2.21. The molecular formula is C8H15BN2O3. The number of nitrogens with zero attached hydrogens (tertiary/aromatic N) is 2. The molecule has 5 nitrogen and oxygen atoms in total. The van der Waals surface area contributed by atoms with Gasteiger partial charge in [-0.1, -0.05) is 18.9 Å². The van der Waals surface area contributed by atoms with Crippen molar-refractivity contribution in [1.29, 1.82) is 0 Å². The Morgan fingerprint density at radius 3 is 2.79 bits per heavy atom. The van der Waals surface area contributed by atoms with Crippen LogP contribution in [0.25, 0.3) is 0 Å². The fourth-order valence-corrected chi connectivity index (χ4v) is 1.78. The number of likely N-dealkylation sites (tertiary alicyclic amines) is 1. The van der Waals surface area contributed by atoms with Crippen LogP contribution in [0.15, 0.2) is 5.09 Å². The van der Waals surface area contributed by atoms with Gasteiger partial charge in [-0.05, 0) is 12.8 Å². The molecule has 1 unspecified atom stereocenters. The molecule has 0 spiro atoms. The minimum Gasteiger partial charge on any atom is -0.428 e. The lowest BCUT2D eigenvalue weighted by Gasteiger charge is -2.25. The van der Waals surface area contributed by atoms with Crippen LogP contribution in [-0.4, -0.2) is 35.4 Å². The van der Waals surface area contributed by atoms with Gasteiger partial charge in [-0.15, -0.1) is 0 Å². The number of hydrogen-bond acceptors (Lipinski definition) is 4. The molecule has 14 heavy (non-hydrogen) atoms. The van der Waals surface area contributed by atoms with Gasteiger partial charge in [0.2, 0.25) is 5.91 Å². The molecule has 1 aliphatic rings. The molecule has 0 aromatic rings. The lowest BCUT2D eigenvalue weighted by Crippen LogP contribution is -2.46. The van der Waals surface area contributed by atoms with E-state index >= 15 is 0 Å². The van der Waals surface area contributed by atoms with Crippen molar-refractivity contribution >= 4 is 13.0 Å². The number of rotatable bonds is 3. The maximum Gasteiger partial charge on any atom is 0.506 e. The second kappa shape index (κ2) is 4.55. The molecular weight excluding hydrogens is 183 g/mol. The Morgan fingerprint density at radius 2 is 2.29 bits per heavy atom. The van der Waals surface area contributed by atoms with Gasteiger partial charge in [-0.2, -0.15) is 4.91 Å². The Balaban J connectivity index is 2.68. The van der Waals surface area contributed by atoms with Crippen LogP contribution in [-0.2, 0) is 4.79 Å². The Kier molecular flexibility index (Phi) is 3.63. The molecule has 1 N–H and O–H groups in total. The van der Waals surface area contributed by atoms with Crippen LogP contribution in [0.4, 0.5) is 0 Å². The van der Waals surface area contributed by atoms with Crippen molar-refractivity contribution in [3.8, 4) is 0 Å². The van der Waals surface area contributed by atoms with Crippen LogP contribution in [0.3, 0.4) is 0 Å². The molecule has 0 aliphatic carbocycles. The van der Waals surface area contributed by atoms with Crippen LogP contribution >= 0.6 is 0 Å². The molecule has 78 valence electrons. The van der Waals surface area contributed by atoms with Crippen molar-refractivity contribution in [2.75, 3.05) is 6.54 Å². The van der Waals surface area contributed by atoms with Gasteiger partial charge in [0.25, 0.3) is 0 Å². The van der Waals surface area contributed by atoms with E-state index in [2.05, 4.69) is 5.09 Å². The predicted octanol–water partition coefficient (Wildman–Crippen LogP) is 0.420. The third kappa shape index (κ3) is 2.12. The normalized spacial score (nSPS) is 21.4. The smallest absolute Gasteiger partial charge is 0.428 e. The highest BCUT2D eigenvalue weighted by molar-refractivity contribution is 6.50. The second-order valence-corrected chi connectivity index (χ2v) is 3.91. The van der Waals surface area contributed by atoms with E-state index in [-0.39, 0.29) is 11.8 Å². The molecule has 0 aromatic carbocycles. The first-order valence-electron chi connectivity index (χ1n) is 4.89. The lowest BCUT2D eigenvalue weighted by atomic mass is 9.73. The summed E-state index contributed by atoms with van der Waals surface area (Å²) in [6, 6.07) is 0. The lowest BCUT2D eigenvalue weighted by molar-refractivity contribution is -0.134. The van der Waals surface area contributed by atoms with E-state index in [1.165, 1.54) is 0 Å². The van der Waals surface area contributed by atoms with Crippen LogP contribution in [0, 0.1) is 10.8 Å². The van der Waals surface area contributed by atoms with Gasteiger partial charge in [0.1, 0.15) is 0 Å². The van der Waals surface area contributed by atoms with Crippen LogP contribution in [0.5, 0.6) is 0 Å². The summed E-state index contributed by atoms with van der Waals surface area (Å²) < 4.78 is 0. The molecule has 1 heterocycles. The zero-order chi connectivity index (χ0) is 10.7. The highest BCUT2D eigenvalue weighted by atomic mass is 16.3. The van der Waals surface area contributed by atoms with Gasteiger partial charge in [0.15, 0.2) is 0 Å². The third-order valence-corrected chi connectivity index (χ3v) is 2.53. The zero-order valence-corrected chi connectivity index (χ0v) is 8.51. The van der Waals surface area contributed by atoms with E-state index in [4.69, 9.17) is 0 Å². The summed E-state index contributed by atoms with van der Waals surface area (Å²) in [6.07, 6.45) is 1.49. The van der Waals surface area contributed by atoms with Crippen LogP contribution < -0.4 is 0 Å². The maximum absolute atomic E-state index is 11.6. The van der Waals surface area contributed by atoms with Gasteiger partial charge < -0.3 is 9.92 Å². The average Bonchev–Trinajstić information content (AvgIpc) is 2.63. The van der Waals surface area contributed by atoms with E-state index < -0.39 is 13.0 Å². The van der Waals surface area contributed by atoms with Crippen LogP contribution in [0.2, 0.25) is 0 Å². The maximum atomic E-state index is 11.6. The molecule has 1 amide bonds. The topological polar surface area (TPSA) is 70.0 Å². The van der Waals surface area contributed by atoms with Crippen molar-refractivity contribution in [2.45, 2.75) is 32.6 Å². The highest BCUT2D eigenvalue weighted by Gasteiger charge is 2.39. The monoisotopic (exact) mass is 198 g/mol. The third-order valence-electron chi connectivity index (χ3n) is 2.53.